The van der Waals surface area contributed by atoms with Crippen LogP contribution in [0.5, 0.6) is 5.75 Å². The molecule has 19 heavy (non-hydrogen) atoms. The molecule has 0 aliphatic heterocycles. The highest BCUT2D eigenvalue weighted by atomic mass is 35.5. The van der Waals surface area contributed by atoms with Crippen LogP contribution in [0.4, 0.5) is 14.5 Å². The van der Waals surface area contributed by atoms with Crippen LogP contribution in [0.25, 0.3) is 0 Å². The van der Waals surface area contributed by atoms with Crippen LogP contribution in [0, 0.1) is 0 Å². The van der Waals surface area contributed by atoms with Crippen molar-refractivity contribution in [2.45, 2.75) is 19.5 Å². The Bertz CT molecular complexity index is 435. The molecule has 0 aliphatic rings. The van der Waals surface area contributed by atoms with E-state index in [0.29, 0.717) is 18.0 Å². The van der Waals surface area contributed by atoms with Gasteiger partial charge in [0.1, 0.15) is 0 Å². The first-order valence-electron chi connectivity index (χ1n) is 5.23. The van der Waals surface area contributed by atoms with Crippen LogP contribution in [0.1, 0.15) is 12.8 Å². The highest BCUT2D eigenvalue weighted by molar-refractivity contribution is 6.37. The lowest BCUT2D eigenvalue weighted by Gasteiger charge is -2.11. The lowest BCUT2D eigenvalue weighted by Crippen LogP contribution is -2.11. The number of anilines is 1. The molecule has 0 spiro atoms. The summed E-state index contributed by atoms with van der Waals surface area (Å²) in [6.07, 6.45) is 0.773. The normalized spacial score (nSPS) is 10.6. The van der Waals surface area contributed by atoms with Gasteiger partial charge in [-0.05, 0) is 18.6 Å². The third kappa shape index (κ3) is 5.38. The Balaban J connectivity index is 2.80. The fourth-order valence-corrected chi connectivity index (χ4v) is 1.99. The highest BCUT2D eigenvalue weighted by Crippen LogP contribution is 2.36. The smallest absolute Gasteiger partial charge is 0.387 e. The zero-order chi connectivity index (χ0) is 14.4. The Labute approximate surface area is 123 Å². The van der Waals surface area contributed by atoms with Gasteiger partial charge in [-0.25, -0.2) is 0 Å². The number of ether oxygens (including phenoxy) is 1. The zero-order valence-corrected chi connectivity index (χ0v) is 11.8. The maximum absolute atomic E-state index is 12.1. The molecule has 1 aromatic rings. The quantitative estimate of drug-likeness (QED) is 0.776. The summed E-state index contributed by atoms with van der Waals surface area (Å²) in [6.45, 7) is -3.03. The molecule has 0 bridgehead atoms. The van der Waals surface area contributed by atoms with Gasteiger partial charge < -0.3 is 10.1 Å². The van der Waals surface area contributed by atoms with Gasteiger partial charge in [-0.3, -0.25) is 4.79 Å². The maximum atomic E-state index is 12.1. The third-order valence-corrected chi connectivity index (χ3v) is 2.86. The number of halogens is 5. The molecule has 8 heteroatoms. The minimum absolute atomic E-state index is 0.111. The molecule has 1 rings (SSSR count). The summed E-state index contributed by atoms with van der Waals surface area (Å²) in [5.74, 6) is -0.219. The van der Waals surface area contributed by atoms with Gasteiger partial charge in [-0.2, -0.15) is 8.78 Å². The van der Waals surface area contributed by atoms with Gasteiger partial charge in [0.05, 0.1) is 10.0 Å². The second-order valence-electron chi connectivity index (χ2n) is 3.49. The van der Waals surface area contributed by atoms with Crippen LogP contribution >= 0.6 is 34.8 Å². The second kappa shape index (κ2) is 7.72. The molecule has 3 nitrogen and oxygen atoms in total. The van der Waals surface area contributed by atoms with Crippen LogP contribution < -0.4 is 10.1 Å². The summed E-state index contributed by atoms with van der Waals surface area (Å²) in [5, 5.41) is 2.31. The predicted molar refractivity (Wildman–Crippen MR) is 71.7 cm³/mol. The monoisotopic (exact) mass is 331 g/mol. The number of hydrogen-bond acceptors (Lipinski definition) is 2. The standard InChI is InChI=1S/C11H10Cl3F2NO2/c12-3-1-2-9(18)17-6-4-7(13)10(8(14)5-6)19-11(15)16/h4-5,11H,1-3H2,(H,17,18). The number of carbonyl (C=O) groups is 1. The molecule has 0 radical (unpaired) electrons. The minimum atomic E-state index is -3.03. The van der Waals surface area contributed by atoms with Crippen LogP contribution in [0.15, 0.2) is 12.1 Å². The molecular weight excluding hydrogens is 322 g/mol. The SMILES string of the molecule is O=C(CCCCl)Nc1cc(Cl)c(OC(F)F)c(Cl)c1. The van der Waals surface area contributed by atoms with Crippen molar-refractivity contribution in [2.75, 3.05) is 11.2 Å². The number of carbonyl (C=O) groups excluding carboxylic acids is 1. The Hall–Kier alpha value is -0.780. The van der Waals surface area contributed by atoms with E-state index in [2.05, 4.69) is 10.1 Å². The van der Waals surface area contributed by atoms with E-state index in [0.717, 1.165) is 0 Å². The summed E-state index contributed by atoms with van der Waals surface area (Å²) < 4.78 is 28.4. The van der Waals surface area contributed by atoms with Crippen molar-refractivity contribution in [3.63, 3.8) is 0 Å². The first-order chi connectivity index (χ1) is 8.93. The summed E-state index contributed by atoms with van der Waals surface area (Å²) in [6, 6.07) is 2.56. The van der Waals surface area contributed by atoms with E-state index in [1.807, 2.05) is 0 Å². The number of amides is 1. The van der Waals surface area contributed by atoms with Gasteiger partial charge in [-0.1, -0.05) is 23.2 Å². The summed E-state index contributed by atoms with van der Waals surface area (Å²) in [4.78, 5) is 11.4. The first-order valence-corrected chi connectivity index (χ1v) is 6.52. The van der Waals surface area contributed by atoms with Crippen LogP contribution in [-0.4, -0.2) is 18.4 Å². The van der Waals surface area contributed by atoms with Crippen molar-refractivity contribution in [3.8, 4) is 5.75 Å². The van der Waals surface area contributed by atoms with Gasteiger partial charge in [0.2, 0.25) is 5.91 Å². The average Bonchev–Trinajstić information content (AvgIpc) is 2.31. The number of benzene rings is 1. The van der Waals surface area contributed by atoms with Crippen molar-refractivity contribution in [2.24, 2.45) is 0 Å². The Morgan fingerprint density at radius 1 is 1.32 bits per heavy atom. The third-order valence-electron chi connectivity index (χ3n) is 2.03. The van der Waals surface area contributed by atoms with Crippen molar-refractivity contribution in [1.29, 1.82) is 0 Å². The van der Waals surface area contributed by atoms with E-state index in [4.69, 9.17) is 34.8 Å². The molecule has 1 aromatic carbocycles. The second-order valence-corrected chi connectivity index (χ2v) is 4.68. The van der Waals surface area contributed by atoms with Crippen molar-refractivity contribution in [3.05, 3.63) is 22.2 Å². The summed E-state index contributed by atoms with van der Waals surface area (Å²) in [7, 11) is 0. The molecule has 1 amide bonds. The fraction of sp³-hybridized carbons (Fsp3) is 0.364. The molecule has 0 saturated carbocycles. The first kappa shape index (κ1) is 16.3. The van der Waals surface area contributed by atoms with Gasteiger partial charge in [0.15, 0.2) is 5.75 Å². The van der Waals surface area contributed by atoms with E-state index in [-0.39, 0.29) is 28.1 Å². The number of nitrogens with one attached hydrogen (secondary N) is 1. The van der Waals surface area contributed by atoms with E-state index in [1.165, 1.54) is 12.1 Å². The summed E-state index contributed by atoms with van der Waals surface area (Å²) >= 11 is 17.0. The van der Waals surface area contributed by atoms with Gasteiger partial charge in [-0.15, -0.1) is 11.6 Å². The molecule has 0 saturated heterocycles. The molecule has 0 unspecified atom stereocenters. The van der Waals surface area contributed by atoms with E-state index in [1.54, 1.807) is 0 Å². The van der Waals surface area contributed by atoms with E-state index >= 15 is 0 Å². The van der Waals surface area contributed by atoms with E-state index in [9.17, 15) is 13.6 Å². The fourth-order valence-electron chi connectivity index (χ4n) is 1.28. The van der Waals surface area contributed by atoms with Crippen molar-refractivity contribution in [1.82, 2.24) is 0 Å². The molecule has 0 aliphatic carbocycles. The lowest BCUT2D eigenvalue weighted by atomic mass is 10.2. The highest BCUT2D eigenvalue weighted by Gasteiger charge is 2.15. The number of hydrogen-bond donors (Lipinski definition) is 1. The molecule has 0 aromatic heterocycles. The van der Waals surface area contributed by atoms with E-state index < -0.39 is 6.61 Å². The Morgan fingerprint density at radius 2 is 1.89 bits per heavy atom. The van der Waals surface area contributed by atoms with Gasteiger partial charge >= 0.3 is 6.61 Å². The minimum Gasteiger partial charge on any atom is -0.432 e. The van der Waals surface area contributed by atoms with Crippen molar-refractivity contribution >= 4 is 46.4 Å². The van der Waals surface area contributed by atoms with Crippen LogP contribution in [0.2, 0.25) is 10.0 Å². The largest absolute Gasteiger partial charge is 0.432 e. The zero-order valence-electron chi connectivity index (χ0n) is 9.56. The topological polar surface area (TPSA) is 38.3 Å². The lowest BCUT2D eigenvalue weighted by molar-refractivity contribution is -0.116. The van der Waals surface area contributed by atoms with Crippen LogP contribution in [-0.2, 0) is 4.79 Å². The van der Waals surface area contributed by atoms with Crippen molar-refractivity contribution < 1.29 is 18.3 Å². The van der Waals surface area contributed by atoms with Gasteiger partial charge in [0, 0.05) is 18.0 Å². The molecule has 1 N–H and O–H groups in total. The Kier molecular flexibility index (Phi) is 6.62. The average molecular weight is 333 g/mol. The molecular formula is C11H10Cl3F2NO2. The molecule has 0 heterocycles. The molecule has 106 valence electrons. The predicted octanol–water partition coefficient (Wildman–Crippen LogP) is 4.55. The van der Waals surface area contributed by atoms with Gasteiger partial charge in [0.25, 0.3) is 0 Å². The maximum Gasteiger partial charge on any atom is 0.387 e. The molecule has 0 fully saturated rings. The summed E-state index contributed by atoms with van der Waals surface area (Å²) in [5.41, 5.74) is 0.302. The van der Waals surface area contributed by atoms with Crippen LogP contribution in [0.3, 0.4) is 0 Å². The number of rotatable bonds is 6. The Morgan fingerprint density at radius 3 is 2.37 bits per heavy atom. The molecule has 0 atom stereocenters. The number of alkyl halides is 3.